The summed E-state index contributed by atoms with van der Waals surface area (Å²) in [6, 6.07) is 11.0. The summed E-state index contributed by atoms with van der Waals surface area (Å²) in [5, 5.41) is 14.5. The number of rotatable bonds is 6. The van der Waals surface area contributed by atoms with E-state index in [-0.39, 0.29) is 0 Å². The van der Waals surface area contributed by atoms with Gasteiger partial charge < -0.3 is 10.4 Å². The van der Waals surface area contributed by atoms with Crippen LogP contribution in [-0.4, -0.2) is 17.3 Å². The Bertz CT molecular complexity index is 393. The third-order valence-corrected chi connectivity index (χ3v) is 4.62. The van der Waals surface area contributed by atoms with Crippen LogP contribution >= 0.6 is 0 Å². The Hall–Kier alpha value is -0.860. The molecule has 1 saturated carbocycles. The van der Waals surface area contributed by atoms with Gasteiger partial charge in [0.25, 0.3) is 0 Å². The maximum absolute atomic E-state index is 10.8. The third kappa shape index (κ3) is 5.44. The molecule has 1 aromatic carbocycles. The molecule has 2 rings (SSSR count). The summed E-state index contributed by atoms with van der Waals surface area (Å²) in [4.78, 5) is 0. The predicted octanol–water partition coefficient (Wildman–Crippen LogP) is 4.45. The van der Waals surface area contributed by atoms with Gasteiger partial charge in [0.1, 0.15) is 0 Å². The fourth-order valence-electron chi connectivity index (χ4n) is 3.37. The predicted molar refractivity (Wildman–Crippen MR) is 89.3 cm³/mol. The number of aliphatic hydroxyl groups is 1. The second-order valence-corrected chi connectivity index (χ2v) is 7.11. The van der Waals surface area contributed by atoms with E-state index in [1.807, 2.05) is 0 Å². The topological polar surface area (TPSA) is 32.3 Å². The Balaban J connectivity index is 1.98. The molecule has 1 aliphatic carbocycles. The zero-order chi connectivity index (χ0) is 15.1. The van der Waals surface area contributed by atoms with Gasteiger partial charge in [0.15, 0.2) is 0 Å². The molecule has 0 aliphatic heterocycles. The minimum Gasteiger partial charge on any atom is -0.389 e. The van der Waals surface area contributed by atoms with Crippen molar-refractivity contribution in [2.45, 2.75) is 70.4 Å². The van der Waals surface area contributed by atoms with E-state index in [2.05, 4.69) is 49.5 Å². The second-order valence-electron chi connectivity index (χ2n) is 7.11. The average molecular weight is 289 g/mol. The molecule has 2 heteroatoms. The first-order valence-corrected chi connectivity index (χ1v) is 8.60. The standard InChI is InChI=1S/C19H31NO/c1-16(2)14-18(17-10-6-5-7-11-17)20-15-19(21)12-8-3-4-9-13-19/h5-7,10-11,16,18,20-21H,3-4,8-9,12-15H2,1-2H3. The van der Waals surface area contributed by atoms with E-state index in [9.17, 15) is 5.11 Å². The van der Waals surface area contributed by atoms with Crippen LogP contribution in [0.3, 0.4) is 0 Å². The maximum Gasteiger partial charge on any atom is 0.0771 e. The Kier molecular flexibility index (Phi) is 6.25. The smallest absolute Gasteiger partial charge is 0.0771 e. The van der Waals surface area contributed by atoms with E-state index < -0.39 is 5.60 Å². The zero-order valence-corrected chi connectivity index (χ0v) is 13.6. The maximum atomic E-state index is 10.8. The minimum absolute atomic E-state index is 0.346. The Labute approximate surface area is 130 Å². The van der Waals surface area contributed by atoms with Crippen LogP contribution in [0.2, 0.25) is 0 Å². The summed E-state index contributed by atoms with van der Waals surface area (Å²) in [5.74, 6) is 0.645. The Morgan fingerprint density at radius 1 is 1.05 bits per heavy atom. The van der Waals surface area contributed by atoms with Crippen LogP contribution in [0.1, 0.15) is 70.4 Å². The van der Waals surface area contributed by atoms with E-state index >= 15 is 0 Å². The molecule has 0 saturated heterocycles. The SMILES string of the molecule is CC(C)CC(NCC1(O)CCCCCC1)c1ccccc1. The van der Waals surface area contributed by atoms with Gasteiger partial charge in [-0.1, -0.05) is 69.9 Å². The third-order valence-electron chi connectivity index (χ3n) is 4.62. The van der Waals surface area contributed by atoms with Gasteiger partial charge in [-0.3, -0.25) is 0 Å². The molecule has 0 bridgehead atoms. The van der Waals surface area contributed by atoms with Crippen LogP contribution in [0.15, 0.2) is 30.3 Å². The van der Waals surface area contributed by atoms with Crippen molar-refractivity contribution in [1.82, 2.24) is 5.32 Å². The van der Waals surface area contributed by atoms with Crippen molar-refractivity contribution >= 4 is 0 Å². The lowest BCUT2D eigenvalue weighted by Gasteiger charge is -2.30. The molecule has 1 aliphatic rings. The van der Waals surface area contributed by atoms with Gasteiger partial charge in [0.2, 0.25) is 0 Å². The first-order chi connectivity index (χ1) is 10.1. The van der Waals surface area contributed by atoms with Crippen LogP contribution in [0, 0.1) is 5.92 Å². The van der Waals surface area contributed by atoms with E-state index in [0.717, 1.165) is 25.8 Å². The van der Waals surface area contributed by atoms with Gasteiger partial charge in [-0.25, -0.2) is 0 Å². The minimum atomic E-state index is -0.499. The fraction of sp³-hybridized carbons (Fsp3) is 0.684. The Morgan fingerprint density at radius 3 is 2.24 bits per heavy atom. The van der Waals surface area contributed by atoms with E-state index in [0.29, 0.717) is 12.0 Å². The average Bonchev–Trinajstić information content (AvgIpc) is 2.69. The monoisotopic (exact) mass is 289 g/mol. The van der Waals surface area contributed by atoms with Crippen molar-refractivity contribution in [2.24, 2.45) is 5.92 Å². The lowest BCUT2D eigenvalue weighted by Crippen LogP contribution is -2.41. The molecule has 2 N–H and O–H groups in total. The fourth-order valence-corrected chi connectivity index (χ4v) is 3.37. The number of benzene rings is 1. The van der Waals surface area contributed by atoms with E-state index in [1.54, 1.807) is 0 Å². The van der Waals surface area contributed by atoms with Crippen molar-refractivity contribution in [1.29, 1.82) is 0 Å². The first-order valence-electron chi connectivity index (χ1n) is 8.60. The molecule has 0 aromatic heterocycles. The summed E-state index contributed by atoms with van der Waals surface area (Å²) in [6.45, 7) is 5.25. The molecule has 1 fully saturated rings. The summed E-state index contributed by atoms with van der Waals surface area (Å²) >= 11 is 0. The van der Waals surface area contributed by atoms with Crippen molar-refractivity contribution in [2.75, 3.05) is 6.54 Å². The van der Waals surface area contributed by atoms with Crippen LogP contribution in [-0.2, 0) is 0 Å². The van der Waals surface area contributed by atoms with Gasteiger partial charge in [-0.15, -0.1) is 0 Å². The zero-order valence-electron chi connectivity index (χ0n) is 13.6. The number of hydrogen-bond acceptors (Lipinski definition) is 2. The molecule has 1 aromatic rings. The Morgan fingerprint density at radius 2 is 1.67 bits per heavy atom. The molecule has 1 unspecified atom stereocenters. The van der Waals surface area contributed by atoms with Crippen LogP contribution in [0.5, 0.6) is 0 Å². The first kappa shape index (κ1) is 16.5. The highest BCUT2D eigenvalue weighted by Crippen LogP contribution is 2.28. The molecular formula is C19H31NO. The highest BCUT2D eigenvalue weighted by molar-refractivity contribution is 5.19. The molecule has 118 valence electrons. The lowest BCUT2D eigenvalue weighted by molar-refractivity contribution is 0.0220. The highest BCUT2D eigenvalue weighted by atomic mass is 16.3. The van der Waals surface area contributed by atoms with E-state index in [4.69, 9.17) is 0 Å². The van der Waals surface area contributed by atoms with Crippen molar-refractivity contribution in [3.8, 4) is 0 Å². The van der Waals surface area contributed by atoms with Crippen LogP contribution < -0.4 is 5.32 Å². The van der Waals surface area contributed by atoms with E-state index in [1.165, 1.54) is 31.2 Å². The van der Waals surface area contributed by atoms with Crippen molar-refractivity contribution in [3.05, 3.63) is 35.9 Å². The quantitative estimate of drug-likeness (QED) is 0.758. The van der Waals surface area contributed by atoms with Gasteiger partial charge in [0.05, 0.1) is 5.60 Å². The highest BCUT2D eigenvalue weighted by Gasteiger charge is 2.28. The van der Waals surface area contributed by atoms with Gasteiger partial charge >= 0.3 is 0 Å². The van der Waals surface area contributed by atoms with Crippen LogP contribution in [0.25, 0.3) is 0 Å². The number of hydrogen-bond donors (Lipinski definition) is 2. The molecule has 0 radical (unpaired) electrons. The van der Waals surface area contributed by atoms with Gasteiger partial charge in [-0.05, 0) is 30.7 Å². The molecule has 1 atom stereocenters. The summed E-state index contributed by atoms with van der Waals surface area (Å²) in [6.07, 6.45) is 7.88. The molecule has 2 nitrogen and oxygen atoms in total. The molecule has 21 heavy (non-hydrogen) atoms. The second kappa shape index (κ2) is 7.95. The largest absolute Gasteiger partial charge is 0.389 e. The molecular weight excluding hydrogens is 258 g/mol. The van der Waals surface area contributed by atoms with Crippen molar-refractivity contribution in [3.63, 3.8) is 0 Å². The van der Waals surface area contributed by atoms with Crippen LogP contribution in [0.4, 0.5) is 0 Å². The normalized spacial score (nSPS) is 20.2. The summed E-state index contributed by atoms with van der Waals surface area (Å²) in [5.41, 5.74) is 0.837. The lowest BCUT2D eigenvalue weighted by atomic mass is 9.92. The van der Waals surface area contributed by atoms with Crippen molar-refractivity contribution < 1.29 is 5.11 Å². The number of nitrogens with one attached hydrogen (secondary N) is 1. The molecule has 0 heterocycles. The molecule has 0 spiro atoms. The van der Waals surface area contributed by atoms with Gasteiger partial charge in [-0.2, -0.15) is 0 Å². The summed E-state index contributed by atoms with van der Waals surface area (Å²) in [7, 11) is 0. The molecule has 0 amide bonds. The van der Waals surface area contributed by atoms with Gasteiger partial charge in [0, 0.05) is 12.6 Å². The summed E-state index contributed by atoms with van der Waals surface area (Å²) < 4.78 is 0.